The van der Waals surface area contributed by atoms with Gasteiger partial charge in [-0.25, -0.2) is 8.42 Å². The maximum absolute atomic E-state index is 12.8. The SMILES string of the molecule is Cc1ccc(S(=O)(=O)N2CCCC2c2ccncc2)cc1. The van der Waals surface area contributed by atoms with E-state index < -0.39 is 10.0 Å². The Morgan fingerprint density at radius 2 is 1.76 bits per heavy atom. The maximum Gasteiger partial charge on any atom is 0.243 e. The highest BCUT2D eigenvalue weighted by Gasteiger charge is 2.35. The Bertz CT molecular complexity index is 712. The minimum Gasteiger partial charge on any atom is -0.265 e. The van der Waals surface area contributed by atoms with E-state index in [0.29, 0.717) is 11.4 Å². The first kappa shape index (κ1) is 14.2. The van der Waals surface area contributed by atoms with Crippen molar-refractivity contribution in [2.75, 3.05) is 6.54 Å². The number of nitrogens with zero attached hydrogens (tertiary/aromatic N) is 2. The molecule has 1 aliphatic rings. The van der Waals surface area contributed by atoms with Crippen LogP contribution in [0.3, 0.4) is 0 Å². The number of benzene rings is 1. The third-order valence-corrected chi connectivity index (χ3v) is 5.84. The number of aryl methyl sites for hydroxylation is 1. The van der Waals surface area contributed by atoms with Gasteiger partial charge in [-0.05, 0) is 49.6 Å². The molecular weight excluding hydrogens is 284 g/mol. The zero-order chi connectivity index (χ0) is 14.9. The molecule has 0 amide bonds. The summed E-state index contributed by atoms with van der Waals surface area (Å²) in [6, 6.07) is 10.8. The van der Waals surface area contributed by atoms with Crippen molar-refractivity contribution in [2.45, 2.75) is 30.7 Å². The zero-order valence-electron chi connectivity index (χ0n) is 11.9. The van der Waals surface area contributed by atoms with E-state index in [2.05, 4.69) is 4.98 Å². The number of rotatable bonds is 3. The van der Waals surface area contributed by atoms with E-state index in [1.165, 1.54) is 0 Å². The third-order valence-electron chi connectivity index (χ3n) is 3.92. The molecule has 0 bridgehead atoms. The predicted molar refractivity (Wildman–Crippen MR) is 81.3 cm³/mol. The summed E-state index contributed by atoms with van der Waals surface area (Å²) in [4.78, 5) is 4.37. The van der Waals surface area contributed by atoms with E-state index in [-0.39, 0.29) is 6.04 Å². The van der Waals surface area contributed by atoms with E-state index in [4.69, 9.17) is 0 Å². The fraction of sp³-hybridized carbons (Fsp3) is 0.312. The minimum atomic E-state index is -3.44. The van der Waals surface area contributed by atoms with Crippen molar-refractivity contribution in [3.63, 3.8) is 0 Å². The van der Waals surface area contributed by atoms with Gasteiger partial charge >= 0.3 is 0 Å². The lowest BCUT2D eigenvalue weighted by Gasteiger charge is -2.24. The highest BCUT2D eigenvalue weighted by Crippen LogP contribution is 2.36. The Morgan fingerprint density at radius 3 is 2.43 bits per heavy atom. The topological polar surface area (TPSA) is 50.3 Å². The van der Waals surface area contributed by atoms with Gasteiger partial charge in [-0.3, -0.25) is 4.98 Å². The van der Waals surface area contributed by atoms with Crippen molar-refractivity contribution in [3.8, 4) is 0 Å². The van der Waals surface area contributed by atoms with Gasteiger partial charge in [-0.1, -0.05) is 17.7 Å². The summed E-state index contributed by atoms with van der Waals surface area (Å²) in [5.41, 5.74) is 2.07. The molecule has 0 aliphatic carbocycles. The lowest BCUT2D eigenvalue weighted by atomic mass is 10.1. The molecule has 1 atom stereocenters. The second-order valence-corrected chi connectivity index (χ2v) is 7.26. The monoisotopic (exact) mass is 302 g/mol. The first-order chi connectivity index (χ1) is 10.1. The van der Waals surface area contributed by atoms with Gasteiger partial charge in [0.25, 0.3) is 0 Å². The molecule has 110 valence electrons. The lowest BCUT2D eigenvalue weighted by Crippen LogP contribution is -2.30. The molecule has 0 spiro atoms. The minimum absolute atomic E-state index is 0.0840. The second kappa shape index (κ2) is 5.58. The number of hydrogen-bond acceptors (Lipinski definition) is 3. The molecular formula is C16H18N2O2S. The van der Waals surface area contributed by atoms with Crippen molar-refractivity contribution in [1.29, 1.82) is 0 Å². The van der Waals surface area contributed by atoms with Crippen LogP contribution in [-0.4, -0.2) is 24.3 Å². The second-order valence-electron chi connectivity index (χ2n) is 5.37. The Kier molecular flexibility index (Phi) is 3.78. The fourth-order valence-corrected chi connectivity index (χ4v) is 4.47. The summed E-state index contributed by atoms with van der Waals surface area (Å²) in [7, 11) is -3.44. The summed E-state index contributed by atoms with van der Waals surface area (Å²) in [6.45, 7) is 2.52. The van der Waals surface area contributed by atoms with Gasteiger partial charge in [0.15, 0.2) is 0 Å². The van der Waals surface area contributed by atoms with Crippen molar-refractivity contribution in [1.82, 2.24) is 9.29 Å². The van der Waals surface area contributed by atoms with Crippen LogP contribution in [0.1, 0.15) is 30.0 Å². The fourth-order valence-electron chi connectivity index (χ4n) is 2.79. The van der Waals surface area contributed by atoms with Crippen LogP contribution < -0.4 is 0 Å². The molecule has 1 aromatic heterocycles. The van der Waals surface area contributed by atoms with Crippen molar-refractivity contribution in [2.24, 2.45) is 0 Å². The highest BCUT2D eigenvalue weighted by molar-refractivity contribution is 7.89. The summed E-state index contributed by atoms with van der Waals surface area (Å²) >= 11 is 0. The Balaban J connectivity index is 1.96. The van der Waals surface area contributed by atoms with E-state index in [0.717, 1.165) is 24.0 Å². The summed E-state index contributed by atoms with van der Waals surface area (Å²) in [5.74, 6) is 0. The predicted octanol–water partition coefficient (Wildman–Crippen LogP) is 2.92. The van der Waals surface area contributed by atoms with E-state index in [9.17, 15) is 8.42 Å². The van der Waals surface area contributed by atoms with E-state index in [1.54, 1.807) is 28.8 Å². The van der Waals surface area contributed by atoms with Crippen molar-refractivity contribution >= 4 is 10.0 Å². The van der Waals surface area contributed by atoms with Crippen LogP contribution in [0.5, 0.6) is 0 Å². The van der Waals surface area contributed by atoms with Gasteiger partial charge in [0.05, 0.1) is 10.9 Å². The molecule has 1 aliphatic heterocycles. The van der Waals surface area contributed by atoms with Crippen LogP contribution in [0.15, 0.2) is 53.7 Å². The molecule has 21 heavy (non-hydrogen) atoms. The van der Waals surface area contributed by atoms with Crippen molar-refractivity contribution < 1.29 is 8.42 Å². The van der Waals surface area contributed by atoms with Crippen LogP contribution in [0.2, 0.25) is 0 Å². The Morgan fingerprint density at radius 1 is 1.10 bits per heavy atom. The summed E-state index contributed by atoms with van der Waals surface area (Å²) < 4.78 is 27.3. The molecule has 1 aromatic carbocycles. The Labute approximate surface area is 125 Å². The number of sulfonamides is 1. The van der Waals surface area contributed by atoms with Gasteiger partial charge in [0.2, 0.25) is 10.0 Å². The average Bonchev–Trinajstić information content (AvgIpc) is 2.99. The molecule has 5 heteroatoms. The molecule has 1 fully saturated rings. The van der Waals surface area contributed by atoms with Crippen LogP contribution in [-0.2, 0) is 10.0 Å². The van der Waals surface area contributed by atoms with Gasteiger partial charge in [-0.15, -0.1) is 0 Å². The van der Waals surface area contributed by atoms with E-state index in [1.807, 2.05) is 31.2 Å². The van der Waals surface area contributed by atoms with Gasteiger partial charge in [0, 0.05) is 18.9 Å². The molecule has 0 saturated carbocycles. The van der Waals surface area contributed by atoms with Crippen LogP contribution in [0.25, 0.3) is 0 Å². The van der Waals surface area contributed by atoms with Gasteiger partial charge in [0.1, 0.15) is 0 Å². The zero-order valence-corrected chi connectivity index (χ0v) is 12.8. The van der Waals surface area contributed by atoms with Crippen LogP contribution in [0, 0.1) is 6.92 Å². The van der Waals surface area contributed by atoms with Crippen LogP contribution >= 0.6 is 0 Å². The standard InChI is InChI=1S/C16H18N2O2S/c1-13-4-6-15(7-5-13)21(19,20)18-12-2-3-16(18)14-8-10-17-11-9-14/h4-11,16H,2-3,12H2,1H3. The largest absolute Gasteiger partial charge is 0.265 e. The van der Waals surface area contributed by atoms with Gasteiger partial charge < -0.3 is 0 Å². The molecule has 4 nitrogen and oxygen atoms in total. The van der Waals surface area contributed by atoms with E-state index >= 15 is 0 Å². The number of hydrogen-bond donors (Lipinski definition) is 0. The number of aromatic nitrogens is 1. The summed E-state index contributed by atoms with van der Waals surface area (Å²) in [5, 5.41) is 0. The van der Waals surface area contributed by atoms with Crippen LogP contribution in [0.4, 0.5) is 0 Å². The van der Waals surface area contributed by atoms with Crippen molar-refractivity contribution in [3.05, 3.63) is 59.9 Å². The third kappa shape index (κ3) is 2.71. The smallest absolute Gasteiger partial charge is 0.243 e. The maximum atomic E-state index is 12.8. The highest BCUT2D eigenvalue weighted by atomic mass is 32.2. The summed E-state index contributed by atoms with van der Waals surface area (Å²) in [6.07, 6.45) is 5.17. The number of pyridine rings is 1. The molecule has 0 radical (unpaired) electrons. The normalized spacial score (nSPS) is 19.8. The first-order valence-electron chi connectivity index (χ1n) is 7.07. The molecule has 1 saturated heterocycles. The quantitative estimate of drug-likeness (QED) is 0.876. The molecule has 3 rings (SSSR count). The average molecular weight is 302 g/mol. The molecule has 2 heterocycles. The molecule has 2 aromatic rings. The lowest BCUT2D eigenvalue weighted by molar-refractivity contribution is 0.396. The molecule has 1 unspecified atom stereocenters. The Hall–Kier alpha value is -1.72. The molecule has 0 N–H and O–H groups in total. The first-order valence-corrected chi connectivity index (χ1v) is 8.51. The van der Waals surface area contributed by atoms with Gasteiger partial charge in [-0.2, -0.15) is 4.31 Å².